The fourth-order valence-corrected chi connectivity index (χ4v) is 4.01. The van der Waals surface area contributed by atoms with Gasteiger partial charge in [-0.1, -0.05) is 99.5 Å². The van der Waals surface area contributed by atoms with E-state index in [-0.39, 0.29) is 10.8 Å². The van der Waals surface area contributed by atoms with Crippen LogP contribution in [0, 0.1) is 20.8 Å². The molecule has 3 aromatic rings. The molecule has 1 N–H and O–H groups in total. The zero-order chi connectivity index (χ0) is 20.7. The minimum absolute atomic E-state index is 0.151. The molecule has 0 amide bonds. The molecule has 0 saturated carbocycles. The van der Waals surface area contributed by atoms with Crippen molar-refractivity contribution in [3.63, 3.8) is 0 Å². The molecule has 0 fully saturated rings. The maximum atomic E-state index is 11.0. The Morgan fingerprint density at radius 3 is 1.61 bits per heavy atom. The third-order valence-electron chi connectivity index (χ3n) is 6.18. The highest BCUT2D eigenvalue weighted by atomic mass is 16.3. The summed E-state index contributed by atoms with van der Waals surface area (Å²) >= 11 is 0. The molecule has 0 aromatic heterocycles. The zero-order valence-corrected chi connectivity index (χ0v) is 18.2. The van der Waals surface area contributed by atoms with E-state index < -0.39 is 0 Å². The van der Waals surface area contributed by atoms with Crippen molar-refractivity contribution in [2.45, 2.75) is 59.3 Å². The summed E-state index contributed by atoms with van der Waals surface area (Å²) in [5.41, 5.74) is 7.69. The summed E-state index contributed by atoms with van der Waals surface area (Å²) in [6.07, 6.45) is 0. The second-order valence-corrected chi connectivity index (χ2v) is 9.18. The van der Waals surface area contributed by atoms with Crippen molar-refractivity contribution < 1.29 is 5.11 Å². The summed E-state index contributed by atoms with van der Waals surface area (Å²) in [6, 6.07) is 21.6. The summed E-state index contributed by atoms with van der Waals surface area (Å²) in [7, 11) is 0. The highest BCUT2D eigenvalue weighted by Crippen LogP contribution is 2.42. The fraction of sp³-hybridized carbons (Fsp3) is 0.333. The van der Waals surface area contributed by atoms with E-state index in [1.165, 1.54) is 27.8 Å². The van der Waals surface area contributed by atoms with Crippen molar-refractivity contribution in [1.29, 1.82) is 0 Å². The van der Waals surface area contributed by atoms with E-state index in [0.717, 1.165) is 11.1 Å². The molecular weight excluding hydrogens is 340 g/mol. The second-order valence-electron chi connectivity index (χ2n) is 9.18. The van der Waals surface area contributed by atoms with Crippen LogP contribution in [-0.4, -0.2) is 5.11 Å². The minimum atomic E-state index is -0.292. The standard InChI is InChI=1S/C27H32O/c1-18-10-8-12-21(14-18)26(4,5)23-16-20(3)25(28)24(17-23)27(6,7)22-13-9-11-19(2)15-22/h8-17,28H,1-7H3. The maximum Gasteiger partial charge on any atom is 0.122 e. The molecular formula is C27H32O. The first-order chi connectivity index (χ1) is 13.0. The van der Waals surface area contributed by atoms with Crippen LogP contribution in [0.5, 0.6) is 5.75 Å². The lowest BCUT2D eigenvalue weighted by Gasteiger charge is -2.32. The van der Waals surface area contributed by atoms with Crippen molar-refractivity contribution in [2.75, 3.05) is 0 Å². The topological polar surface area (TPSA) is 20.2 Å². The number of benzene rings is 3. The van der Waals surface area contributed by atoms with Gasteiger partial charge in [-0.2, -0.15) is 0 Å². The van der Waals surface area contributed by atoms with E-state index in [9.17, 15) is 5.11 Å². The van der Waals surface area contributed by atoms with Crippen molar-refractivity contribution in [3.8, 4) is 5.75 Å². The first-order valence-corrected chi connectivity index (χ1v) is 10.0. The molecule has 146 valence electrons. The third kappa shape index (κ3) is 3.58. The molecule has 0 saturated heterocycles. The van der Waals surface area contributed by atoms with Gasteiger partial charge in [0.2, 0.25) is 0 Å². The smallest absolute Gasteiger partial charge is 0.122 e. The Morgan fingerprint density at radius 1 is 0.607 bits per heavy atom. The molecule has 3 rings (SSSR count). The van der Waals surface area contributed by atoms with Gasteiger partial charge in [-0.15, -0.1) is 0 Å². The van der Waals surface area contributed by atoms with Crippen LogP contribution in [0.15, 0.2) is 60.7 Å². The number of phenols is 1. The van der Waals surface area contributed by atoms with Crippen molar-refractivity contribution in [3.05, 3.63) is 99.6 Å². The van der Waals surface area contributed by atoms with Crippen molar-refractivity contribution in [1.82, 2.24) is 0 Å². The largest absolute Gasteiger partial charge is 0.507 e. The Bertz CT molecular complexity index is 1010. The predicted molar refractivity (Wildman–Crippen MR) is 119 cm³/mol. The van der Waals surface area contributed by atoms with Crippen LogP contribution in [-0.2, 0) is 10.8 Å². The normalized spacial score (nSPS) is 12.2. The van der Waals surface area contributed by atoms with Crippen LogP contribution in [0.25, 0.3) is 0 Å². The van der Waals surface area contributed by atoms with E-state index in [4.69, 9.17) is 0 Å². The van der Waals surface area contributed by atoms with Gasteiger partial charge in [0.05, 0.1) is 0 Å². The molecule has 0 atom stereocenters. The van der Waals surface area contributed by atoms with Crippen LogP contribution in [0.4, 0.5) is 0 Å². The highest BCUT2D eigenvalue weighted by Gasteiger charge is 2.31. The highest BCUT2D eigenvalue weighted by molar-refractivity contribution is 5.54. The van der Waals surface area contributed by atoms with Gasteiger partial charge in [0.25, 0.3) is 0 Å². The molecule has 0 bridgehead atoms. The van der Waals surface area contributed by atoms with E-state index in [1.807, 2.05) is 6.92 Å². The molecule has 0 spiro atoms. The Labute approximate surface area is 170 Å². The fourth-order valence-electron chi connectivity index (χ4n) is 4.01. The summed E-state index contributed by atoms with van der Waals surface area (Å²) in [5.74, 6) is 0.398. The first kappa shape index (κ1) is 20.2. The van der Waals surface area contributed by atoms with Crippen LogP contribution < -0.4 is 0 Å². The molecule has 3 aromatic carbocycles. The van der Waals surface area contributed by atoms with Gasteiger partial charge < -0.3 is 5.11 Å². The van der Waals surface area contributed by atoms with Crippen molar-refractivity contribution >= 4 is 0 Å². The van der Waals surface area contributed by atoms with Gasteiger partial charge in [-0.3, -0.25) is 0 Å². The number of aromatic hydroxyl groups is 1. The number of hydrogen-bond acceptors (Lipinski definition) is 1. The van der Waals surface area contributed by atoms with Crippen LogP contribution in [0.2, 0.25) is 0 Å². The van der Waals surface area contributed by atoms with Crippen LogP contribution in [0.3, 0.4) is 0 Å². The zero-order valence-electron chi connectivity index (χ0n) is 18.2. The summed E-state index contributed by atoms with van der Waals surface area (Å²) in [4.78, 5) is 0. The number of hydrogen-bond donors (Lipinski definition) is 1. The lowest BCUT2D eigenvalue weighted by Crippen LogP contribution is -2.23. The first-order valence-electron chi connectivity index (χ1n) is 10.0. The van der Waals surface area contributed by atoms with Gasteiger partial charge in [0.15, 0.2) is 0 Å². The summed E-state index contributed by atoms with van der Waals surface area (Å²) in [5, 5.41) is 11.0. The average molecular weight is 373 g/mol. The van der Waals surface area contributed by atoms with E-state index in [0.29, 0.717) is 5.75 Å². The summed E-state index contributed by atoms with van der Waals surface area (Å²) in [6.45, 7) is 15.2. The van der Waals surface area contributed by atoms with Gasteiger partial charge in [0.1, 0.15) is 5.75 Å². The Hall–Kier alpha value is -2.54. The molecule has 0 aliphatic carbocycles. The van der Waals surface area contributed by atoms with Crippen LogP contribution in [0.1, 0.15) is 66.6 Å². The quantitative estimate of drug-likeness (QED) is 0.524. The molecule has 0 radical (unpaired) electrons. The SMILES string of the molecule is Cc1cccc(C(C)(C)c2cc(C)c(O)c(C(C)(C)c3cccc(C)c3)c2)c1. The van der Waals surface area contributed by atoms with E-state index >= 15 is 0 Å². The average Bonchev–Trinajstić information content (AvgIpc) is 2.63. The molecule has 0 aliphatic heterocycles. The molecule has 1 nitrogen and oxygen atoms in total. The molecule has 0 heterocycles. The minimum Gasteiger partial charge on any atom is -0.507 e. The van der Waals surface area contributed by atoms with E-state index in [1.54, 1.807) is 0 Å². The van der Waals surface area contributed by atoms with Crippen LogP contribution >= 0.6 is 0 Å². The van der Waals surface area contributed by atoms with Gasteiger partial charge in [0, 0.05) is 16.4 Å². The van der Waals surface area contributed by atoms with E-state index in [2.05, 4.69) is 102 Å². The Morgan fingerprint density at radius 2 is 1.11 bits per heavy atom. The monoisotopic (exact) mass is 372 g/mol. The van der Waals surface area contributed by atoms with Gasteiger partial charge in [-0.05, 0) is 43.0 Å². The van der Waals surface area contributed by atoms with Crippen molar-refractivity contribution in [2.24, 2.45) is 0 Å². The number of phenolic OH excluding ortho intramolecular Hbond substituents is 1. The lowest BCUT2D eigenvalue weighted by molar-refractivity contribution is 0.447. The van der Waals surface area contributed by atoms with Gasteiger partial charge in [-0.25, -0.2) is 0 Å². The lowest BCUT2D eigenvalue weighted by atomic mass is 9.72. The number of rotatable bonds is 4. The summed E-state index contributed by atoms with van der Waals surface area (Å²) < 4.78 is 0. The Kier molecular flexibility index (Phi) is 5.14. The maximum absolute atomic E-state index is 11.0. The predicted octanol–water partition coefficient (Wildman–Crippen LogP) is 6.97. The molecule has 1 heteroatoms. The number of aryl methyl sites for hydroxylation is 3. The molecule has 0 unspecified atom stereocenters. The molecule has 0 aliphatic rings. The third-order valence-corrected chi connectivity index (χ3v) is 6.18. The second kappa shape index (κ2) is 7.13. The Balaban J connectivity index is 2.18. The molecule has 28 heavy (non-hydrogen) atoms. The van der Waals surface area contributed by atoms with Gasteiger partial charge >= 0.3 is 0 Å².